The van der Waals surface area contributed by atoms with E-state index < -0.39 is 17.8 Å². The molecule has 2 fully saturated rings. The molecule has 0 aromatic heterocycles. The number of aliphatic hydroxyl groups is 1. The van der Waals surface area contributed by atoms with Crippen molar-refractivity contribution < 1.29 is 19.4 Å². The minimum absolute atomic E-state index is 0.0371. The second kappa shape index (κ2) is 8.69. The zero-order valence-electron chi connectivity index (χ0n) is 21.7. The highest BCUT2D eigenvalue weighted by atomic mass is 16.7. The highest BCUT2D eigenvalue weighted by Crippen LogP contribution is 2.47. The van der Waals surface area contributed by atoms with Gasteiger partial charge in [0, 0.05) is 28.4 Å². The van der Waals surface area contributed by atoms with Crippen molar-refractivity contribution in [1.29, 1.82) is 0 Å². The summed E-state index contributed by atoms with van der Waals surface area (Å²) in [4.78, 5) is 12.6. The molecular weight excluding hydrogens is 436 g/mol. The summed E-state index contributed by atoms with van der Waals surface area (Å²) in [5.74, 6) is -1.31. The lowest BCUT2D eigenvalue weighted by Gasteiger charge is -2.42. The summed E-state index contributed by atoms with van der Waals surface area (Å²) in [6, 6.07) is 12.6. The molecule has 1 aliphatic heterocycles. The Kier molecular flexibility index (Phi) is 6.06. The Labute approximate surface area is 209 Å². The quantitative estimate of drug-likeness (QED) is 0.558. The summed E-state index contributed by atoms with van der Waals surface area (Å²) >= 11 is 0. The molecule has 0 spiro atoms. The molecule has 2 aromatic carbocycles. The molecule has 5 rings (SSSR count). The fourth-order valence-corrected chi connectivity index (χ4v) is 6.08. The molecule has 186 valence electrons. The molecule has 0 radical (unpaired) electrons. The van der Waals surface area contributed by atoms with Crippen LogP contribution in [0, 0.1) is 6.92 Å². The van der Waals surface area contributed by atoms with Crippen LogP contribution < -0.4 is 0 Å². The van der Waals surface area contributed by atoms with Crippen LogP contribution in [0.5, 0.6) is 0 Å². The van der Waals surface area contributed by atoms with Crippen LogP contribution in [0.2, 0.25) is 0 Å². The number of aliphatic hydroxyl groups excluding tert-OH is 1. The van der Waals surface area contributed by atoms with Gasteiger partial charge in [0.15, 0.2) is 0 Å². The average molecular weight is 475 g/mol. The van der Waals surface area contributed by atoms with Gasteiger partial charge in [0.1, 0.15) is 5.78 Å². The van der Waals surface area contributed by atoms with E-state index >= 15 is 0 Å². The number of rotatable bonds is 3. The number of carbonyl (C=O) groups excluding carboxylic acids is 1. The van der Waals surface area contributed by atoms with Crippen molar-refractivity contribution >= 4 is 5.78 Å². The van der Waals surface area contributed by atoms with Gasteiger partial charge in [-0.15, -0.1) is 0 Å². The molecule has 4 nitrogen and oxygen atoms in total. The Morgan fingerprint density at radius 1 is 0.857 bits per heavy atom. The van der Waals surface area contributed by atoms with Crippen LogP contribution in [-0.2, 0) is 30.9 Å². The summed E-state index contributed by atoms with van der Waals surface area (Å²) < 4.78 is 13.0. The topological polar surface area (TPSA) is 55.8 Å². The SMILES string of the molecule is Cc1cc2c(cc1C1(c3ccc(C4C(=O)CCCC4O)cc3)OCCCO1)C(C)(C)C=CC2(C)C. The van der Waals surface area contributed by atoms with E-state index in [-0.39, 0.29) is 16.6 Å². The maximum atomic E-state index is 12.6. The molecule has 0 bridgehead atoms. The molecule has 0 amide bonds. The van der Waals surface area contributed by atoms with Crippen molar-refractivity contribution in [2.75, 3.05) is 13.2 Å². The number of Topliss-reactive ketones (excluding diaryl/α,β-unsaturated/α-hetero) is 1. The first-order chi connectivity index (χ1) is 16.6. The minimum atomic E-state index is -0.994. The lowest BCUT2D eigenvalue weighted by molar-refractivity contribution is -0.249. The first-order valence-corrected chi connectivity index (χ1v) is 13.0. The molecule has 2 aromatic rings. The summed E-state index contributed by atoms with van der Waals surface area (Å²) in [5.41, 5.74) is 6.49. The fraction of sp³-hybridized carbons (Fsp3) is 0.516. The summed E-state index contributed by atoms with van der Waals surface area (Å²) in [5, 5.41) is 10.5. The van der Waals surface area contributed by atoms with Gasteiger partial charge < -0.3 is 14.6 Å². The Morgan fingerprint density at radius 2 is 1.46 bits per heavy atom. The third-order valence-electron chi connectivity index (χ3n) is 8.23. The van der Waals surface area contributed by atoms with Crippen molar-refractivity contribution in [2.45, 2.75) is 88.9 Å². The van der Waals surface area contributed by atoms with Gasteiger partial charge in [0.25, 0.3) is 0 Å². The van der Waals surface area contributed by atoms with E-state index in [0.29, 0.717) is 26.1 Å². The van der Waals surface area contributed by atoms with Gasteiger partial charge in [-0.25, -0.2) is 0 Å². The van der Waals surface area contributed by atoms with E-state index in [4.69, 9.17) is 9.47 Å². The van der Waals surface area contributed by atoms with E-state index in [1.807, 2.05) is 24.3 Å². The lowest BCUT2D eigenvalue weighted by Crippen LogP contribution is -2.41. The minimum Gasteiger partial charge on any atom is -0.392 e. The van der Waals surface area contributed by atoms with Crippen molar-refractivity contribution in [3.05, 3.63) is 81.9 Å². The average Bonchev–Trinajstić information content (AvgIpc) is 2.83. The summed E-state index contributed by atoms with van der Waals surface area (Å²) in [6.45, 7) is 12.4. The van der Waals surface area contributed by atoms with Gasteiger partial charge in [-0.3, -0.25) is 4.79 Å². The predicted octanol–water partition coefficient (Wildman–Crippen LogP) is 5.96. The normalized spacial score (nSPS) is 26.9. The number of hydrogen-bond acceptors (Lipinski definition) is 4. The molecule has 2 unspecified atom stereocenters. The number of allylic oxidation sites excluding steroid dienone is 2. The van der Waals surface area contributed by atoms with Crippen LogP contribution in [-0.4, -0.2) is 30.2 Å². The molecule has 3 aliphatic rings. The van der Waals surface area contributed by atoms with Crippen LogP contribution in [0.15, 0.2) is 48.6 Å². The van der Waals surface area contributed by atoms with E-state index in [1.54, 1.807) is 0 Å². The smallest absolute Gasteiger partial charge is 0.222 e. The number of fused-ring (bicyclic) bond motifs is 1. The second-order valence-corrected chi connectivity index (χ2v) is 11.7. The molecule has 4 heteroatoms. The first-order valence-electron chi connectivity index (χ1n) is 13.0. The Balaban J connectivity index is 1.61. The molecule has 1 heterocycles. The van der Waals surface area contributed by atoms with E-state index in [2.05, 4.69) is 58.9 Å². The highest BCUT2D eigenvalue weighted by molar-refractivity contribution is 5.87. The second-order valence-electron chi connectivity index (χ2n) is 11.7. The predicted molar refractivity (Wildman–Crippen MR) is 138 cm³/mol. The molecule has 35 heavy (non-hydrogen) atoms. The zero-order chi connectivity index (χ0) is 25.0. The third kappa shape index (κ3) is 4.10. The van der Waals surface area contributed by atoms with E-state index in [1.165, 1.54) is 11.1 Å². The highest BCUT2D eigenvalue weighted by Gasteiger charge is 2.43. The fourth-order valence-electron chi connectivity index (χ4n) is 6.08. The number of hydrogen-bond donors (Lipinski definition) is 1. The van der Waals surface area contributed by atoms with Gasteiger partial charge in [0.05, 0.1) is 25.2 Å². The third-order valence-corrected chi connectivity index (χ3v) is 8.23. The zero-order valence-corrected chi connectivity index (χ0v) is 21.7. The Hall–Kier alpha value is -2.27. The van der Waals surface area contributed by atoms with Crippen molar-refractivity contribution in [3.63, 3.8) is 0 Å². The molecule has 2 aliphatic carbocycles. The van der Waals surface area contributed by atoms with Crippen LogP contribution >= 0.6 is 0 Å². The van der Waals surface area contributed by atoms with Crippen LogP contribution in [0.4, 0.5) is 0 Å². The van der Waals surface area contributed by atoms with Gasteiger partial charge in [0.2, 0.25) is 5.79 Å². The van der Waals surface area contributed by atoms with Gasteiger partial charge in [-0.05, 0) is 54.5 Å². The van der Waals surface area contributed by atoms with Crippen LogP contribution in [0.3, 0.4) is 0 Å². The number of aryl methyl sites for hydroxylation is 1. The molecule has 1 saturated carbocycles. The Bertz CT molecular complexity index is 1150. The summed E-state index contributed by atoms with van der Waals surface area (Å²) in [6.07, 6.45) is 6.84. The monoisotopic (exact) mass is 474 g/mol. The Morgan fingerprint density at radius 3 is 2.06 bits per heavy atom. The van der Waals surface area contributed by atoms with Crippen LogP contribution in [0.25, 0.3) is 0 Å². The largest absolute Gasteiger partial charge is 0.392 e. The number of ketones is 1. The van der Waals surface area contributed by atoms with E-state index in [9.17, 15) is 9.90 Å². The first kappa shape index (κ1) is 24.4. The number of carbonyl (C=O) groups is 1. The maximum absolute atomic E-state index is 12.6. The van der Waals surface area contributed by atoms with Crippen LogP contribution in [0.1, 0.15) is 92.7 Å². The molecular formula is C31H38O4. The van der Waals surface area contributed by atoms with E-state index in [0.717, 1.165) is 35.1 Å². The molecule has 2 atom stereocenters. The molecule has 1 N–H and O–H groups in total. The molecule has 1 saturated heterocycles. The summed E-state index contributed by atoms with van der Waals surface area (Å²) in [7, 11) is 0. The standard InChI is InChI=1S/C31H38O4/c1-20-18-24-25(30(4,5)15-14-29(24,2)3)19-23(20)31(34-16-7-17-35-31)22-12-10-21(11-13-22)28-26(32)8-6-9-27(28)33/h10-15,18-19,26,28,32H,6-9,16-17H2,1-5H3. The lowest BCUT2D eigenvalue weighted by atomic mass is 9.66. The van der Waals surface area contributed by atoms with Gasteiger partial charge >= 0.3 is 0 Å². The number of ether oxygens (including phenoxy) is 2. The van der Waals surface area contributed by atoms with Gasteiger partial charge in [-0.1, -0.05) is 70.2 Å². The van der Waals surface area contributed by atoms with Crippen molar-refractivity contribution in [2.24, 2.45) is 0 Å². The number of benzene rings is 2. The maximum Gasteiger partial charge on any atom is 0.222 e. The van der Waals surface area contributed by atoms with Gasteiger partial charge in [-0.2, -0.15) is 0 Å². The van der Waals surface area contributed by atoms with Crippen molar-refractivity contribution in [3.8, 4) is 0 Å². The van der Waals surface area contributed by atoms with Crippen molar-refractivity contribution in [1.82, 2.24) is 0 Å².